The van der Waals surface area contributed by atoms with Crippen molar-refractivity contribution in [3.63, 3.8) is 0 Å². The fourth-order valence-corrected chi connectivity index (χ4v) is 12.6. The number of carboxylic acid groups (broad SMARTS) is 2. The second-order valence-electron chi connectivity index (χ2n) is 22.6. The van der Waals surface area contributed by atoms with Gasteiger partial charge in [-0.2, -0.15) is 0 Å². The van der Waals surface area contributed by atoms with E-state index < -0.39 is 46.8 Å². The van der Waals surface area contributed by atoms with Gasteiger partial charge in [0.15, 0.2) is 21.7 Å². The molecule has 6 aliphatic heterocycles. The molecule has 10 rings (SSSR count). The van der Waals surface area contributed by atoms with Crippen molar-refractivity contribution in [3.05, 3.63) is 126 Å². The van der Waals surface area contributed by atoms with Crippen molar-refractivity contribution in [2.75, 3.05) is 77.4 Å². The number of piperidine rings is 1. The Bertz CT molecular complexity index is 3280. The van der Waals surface area contributed by atoms with Crippen LogP contribution in [0.15, 0.2) is 92.1 Å². The number of nitrogens with one attached hydrogen (secondary N) is 2. The Morgan fingerprint density at radius 2 is 1.15 bits per heavy atom. The van der Waals surface area contributed by atoms with Crippen molar-refractivity contribution in [1.29, 1.82) is 0 Å². The van der Waals surface area contributed by atoms with E-state index in [4.69, 9.17) is 19.6 Å². The Morgan fingerprint density at radius 1 is 0.682 bits per heavy atom. The van der Waals surface area contributed by atoms with E-state index in [2.05, 4.69) is 46.4 Å². The number of aliphatic imine (C=N–C) groups is 2. The van der Waals surface area contributed by atoms with E-state index in [0.717, 1.165) is 19.4 Å². The summed E-state index contributed by atoms with van der Waals surface area (Å²) in [5, 5.41) is 30.6. The quantitative estimate of drug-likeness (QED) is 0.0573. The number of allylic oxidation sites excluding steroid dienone is 1. The van der Waals surface area contributed by atoms with Gasteiger partial charge in [0, 0.05) is 98.8 Å². The molecule has 4 atom stereocenters. The lowest BCUT2D eigenvalue weighted by atomic mass is 9.92. The number of thiazole rings is 2. The number of hydrogen-bond acceptors (Lipinski definition) is 17. The molecule has 0 saturated carbocycles. The van der Waals surface area contributed by atoms with E-state index in [1.807, 2.05) is 15.7 Å². The van der Waals surface area contributed by atoms with Crippen LogP contribution in [0.25, 0.3) is 0 Å². The molecule has 2 aromatic carbocycles. The zero-order valence-electron chi connectivity index (χ0n) is 48.8. The summed E-state index contributed by atoms with van der Waals surface area (Å²) in [5.41, 5.74) is 2.01. The van der Waals surface area contributed by atoms with Gasteiger partial charge in [0.1, 0.15) is 23.7 Å². The summed E-state index contributed by atoms with van der Waals surface area (Å²) in [6.07, 6.45) is 6.65. The first-order chi connectivity index (χ1) is 40.5. The predicted molar refractivity (Wildman–Crippen MR) is 320 cm³/mol. The van der Waals surface area contributed by atoms with Crippen LogP contribution < -0.4 is 10.6 Å². The topological polar surface area (TPSA) is 252 Å². The number of ether oxygens (including phenoxy) is 2. The predicted octanol–water partition coefficient (Wildman–Crippen LogP) is 8.31. The maximum Gasteiger partial charge on any atom is 0.338 e. The third-order valence-electron chi connectivity index (χ3n) is 15.7. The number of carbonyl (C=O) groups excluding carboxylic acids is 4. The van der Waals surface area contributed by atoms with Gasteiger partial charge < -0.3 is 49.9 Å². The Kier molecular flexibility index (Phi) is 20.6. The molecular weight excluding hydrogens is 1200 g/mol. The third kappa shape index (κ3) is 14.4. The monoisotopic (exact) mass is 1280 g/mol. The van der Waals surface area contributed by atoms with Crippen molar-refractivity contribution in [2.24, 2.45) is 20.8 Å². The Morgan fingerprint density at radius 3 is 1.60 bits per heavy atom. The van der Waals surface area contributed by atoms with E-state index in [0.29, 0.717) is 124 Å². The first-order valence-corrected chi connectivity index (χ1v) is 31.0. The van der Waals surface area contributed by atoms with Crippen LogP contribution in [0.5, 0.6) is 0 Å². The molecule has 8 heterocycles. The van der Waals surface area contributed by atoms with Crippen molar-refractivity contribution in [1.82, 2.24) is 45.1 Å². The van der Waals surface area contributed by atoms with Crippen molar-refractivity contribution < 1.29 is 57.2 Å². The van der Waals surface area contributed by atoms with E-state index in [-0.39, 0.29) is 49.5 Å². The summed E-state index contributed by atoms with van der Waals surface area (Å²) in [5.74, 6) is -2.50. The number of hydrogen-bond donors (Lipinski definition) is 4. The molecule has 0 radical (unpaired) electrons. The maximum absolute atomic E-state index is 14.7. The number of halogens is 3. The molecule has 0 spiro atoms. The van der Waals surface area contributed by atoms with Crippen LogP contribution in [0.4, 0.5) is 18.4 Å². The van der Waals surface area contributed by atoms with Crippen LogP contribution >= 0.6 is 38.6 Å². The van der Waals surface area contributed by atoms with Gasteiger partial charge >= 0.3 is 35.9 Å². The van der Waals surface area contributed by atoms with Gasteiger partial charge in [0.05, 0.1) is 47.3 Å². The lowest BCUT2D eigenvalue weighted by Crippen LogP contribution is -2.53. The molecule has 26 heteroatoms. The summed E-state index contributed by atoms with van der Waals surface area (Å²) in [6, 6.07) is 8.11. The molecule has 4 N–H and O–H groups in total. The van der Waals surface area contributed by atoms with Crippen LogP contribution in [0.1, 0.15) is 105 Å². The molecule has 4 saturated heterocycles. The Hall–Kier alpha value is -7.16. The average molecular weight is 1280 g/mol. The second-order valence-corrected chi connectivity index (χ2v) is 24.9. The molecule has 456 valence electrons. The number of aromatic nitrogens is 2. The van der Waals surface area contributed by atoms with Crippen molar-refractivity contribution >= 4 is 86.2 Å². The summed E-state index contributed by atoms with van der Waals surface area (Å²) >= 11 is 6.25. The van der Waals surface area contributed by atoms with Gasteiger partial charge in [0.25, 0.3) is 0 Å². The summed E-state index contributed by atoms with van der Waals surface area (Å²) in [4.78, 5) is 101. The number of carbonyl (C=O) groups is 6. The fraction of sp³-hybridized carbons (Fsp3) is 0.492. The van der Waals surface area contributed by atoms with Gasteiger partial charge in [-0.05, 0) is 109 Å². The number of esters is 2. The second kappa shape index (κ2) is 27.5. The lowest BCUT2D eigenvalue weighted by molar-refractivity contribution is -0.148. The van der Waals surface area contributed by atoms with Crippen LogP contribution in [0.3, 0.4) is 0 Å². The molecule has 4 fully saturated rings. The standard InChI is InChI=1S/C29H35FN6O5S.C18H17BrFN3O2S.C12H20N2O3/c1-5-41-26(37)22-21(15-34-10-11-36-18(13-34)14-35(28(36)40)16-29(3,4)27(38)39)32-24(25-31-9-12-42-25)33-23(22)19-7-6-8-20(30)17(19)2;1-3-25-18(24)14-13(9-19)22-16(17-21-7-8-26-17)23-15(14)11-5-4-6-12(20)10(11)2;1-12(2,10(15)16)8-13-7-9-5-3-4-6-14(9)11(13)17/h6-9,12,18,23H,5,10-11,13-16H2,1-4H3,(H,32,33)(H,38,39);4-8,15H,3,9H2,1-2H3,(H,22,23);9H,3-8H2,1-2H3,(H,15,16)/t18-,23-;15-;9-/m000/s1. The average Bonchev–Trinajstić information content (AvgIpc) is 1.70. The number of benzene rings is 2. The van der Waals surface area contributed by atoms with Crippen molar-refractivity contribution in [2.45, 2.75) is 98.8 Å². The van der Waals surface area contributed by atoms with Crippen LogP contribution in [-0.4, -0.2) is 182 Å². The third-order valence-corrected chi connectivity index (χ3v) is 17.8. The number of carboxylic acids is 2. The number of amides is 4. The molecule has 4 aromatic rings. The molecular formula is C59H72BrF2N11O10S2. The van der Waals surface area contributed by atoms with Gasteiger partial charge in [-0.25, -0.2) is 37.9 Å². The molecule has 0 unspecified atom stereocenters. The molecule has 4 amide bonds. The minimum atomic E-state index is -1.06. The molecule has 2 aromatic heterocycles. The van der Waals surface area contributed by atoms with Gasteiger partial charge in [-0.1, -0.05) is 40.2 Å². The molecule has 0 aliphatic carbocycles. The summed E-state index contributed by atoms with van der Waals surface area (Å²) < 4.78 is 39.5. The number of piperazine rings is 1. The fourth-order valence-electron chi connectivity index (χ4n) is 11.0. The Labute approximate surface area is 509 Å². The van der Waals surface area contributed by atoms with E-state index in [9.17, 15) is 42.7 Å². The van der Waals surface area contributed by atoms with E-state index in [1.54, 1.807) is 107 Å². The zero-order valence-corrected chi connectivity index (χ0v) is 52.0. The van der Waals surface area contributed by atoms with E-state index >= 15 is 0 Å². The summed E-state index contributed by atoms with van der Waals surface area (Å²) in [7, 11) is 0. The van der Waals surface area contributed by atoms with Gasteiger partial charge in [-0.15, -0.1) is 22.7 Å². The highest BCUT2D eigenvalue weighted by Gasteiger charge is 2.46. The highest BCUT2D eigenvalue weighted by molar-refractivity contribution is 9.09. The van der Waals surface area contributed by atoms with Crippen LogP contribution in [0, 0.1) is 36.3 Å². The van der Waals surface area contributed by atoms with Gasteiger partial charge in [0.2, 0.25) is 0 Å². The molecule has 85 heavy (non-hydrogen) atoms. The molecule has 6 aliphatic rings. The minimum absolute atomic E-state index is 0.0176. The summed E-state index contributed by atoms with van der Waals surface area (Å²) in [6.45, 7) is 18.0. The van der Waals surface area contributed by atoms with Gasteiger partial charge in [-0.3, -0.25) is 24.5 Å². The first-order valence-electron chi connectivity index (χ1n) is 28.1. The molecule has 21 nitrogen and oxygen atoms in total. The SMILES string of the molecule is CC(C)(CN1C[C@@H]2CCCCN2C1=O)C(=O)O.CCOC(=O)C1=C(CBr)NC(c2nccs2)=N[C@H]1c1cccc(F)c1C.CCOC(=O)C1=C(CN2CCN3C(=O)N(CC(C)(C)C(=O)O)C[C@@H]3C2)NC(c2nccs2)=N[C@H]1c1cccc(F)c1C. The largest absolute Gasteiger partial charge is 0.481 e. The maximum atomic E-state index is 14.7. The number of fused-ring (bicyclic) bond motifs is 2. The first kappa shape index (κ1) is 63.9. The normalized spacial score (nSPS) is 20.7. The Balaban J connectivity index is 0.000000185. The zero-order chi connectivity index (χ0) is 61.5. The minimum Gasteiger partial charge on any atom is -0.481 e. The smallest absolute Gasteiger partial charge is 0.338 e. The number of rotatable bonds is 17. The van der Waals surface area contributed by atoms with Crippen molar-refractivity contribution in [3.8, 4) is 0 Å². The van der Waals surface area contributed by atoms with Crippen LogP contribution in [0.2, 0.25) is 0 Å². The molecule has 0 bridgehead atoms. The highest BCUT2D eigenvalue weighted by Crippen LogP contribution is 2.38. The van der Waals surface area contributed by atoms with E-state index in [1.165, 1.54) is 41.2 Å². The number of amidine groups is 2. The van der Waals surface area contributed by atoms with Crippen LogP contribution in [-0.2, 0) is 28.7 Å². The number of alkyl halides is 1. The highest BCUT2D eigenvalue weighted by atomic mass is 79.9. The number of urea groups is 2. The lowest BCUT2D eigenvalue weighted by Gasteiger charge is -2.38. The number of nitrogens with zero attached hydrogens (tertiary/aromatic N) is 9. The number of aliphatic carboxylic acids is 2.